The van der Waals surface area contributed by atoms with E-state index in [9.17, 15) is 0 Å². The molecular formula is C15H26I2N4. The highest BCUT2D eigenvalue weighted by Gasteiger charge is 2.61. The molecule has 0 aliphatic rings. The molecule has 0 aliphatic carbocycles. The summed E-state index contributed by atoms with van der Waals surface area (Å²) in [6.45, 7) is 13.7. The van der Waals surface area contributed by atoms with E-state index in [0.29, 0.717) is 0 Å². The normalized spacial score (nSPS) is 12.5. The van der Waals surface area contributed by atoms with Gasteiger partial charge in [-0.2, -0.15) is 9.13 Å². The van der Waals surface area contributed by atoms with Crippen molar-refractivity contribution >= 4 is 0 Å². The highest BCUT2D eigenvalue weighted by molar-refractivity contribution is 4.88. The van der Waals surface area contributed by atoms with Crippen molar-refractivity contribution in [2.75, 3.05) is 0 Å². The Labute approximate surface area is 161 Å². The quantitative estimate of drug-likeness (QED) is 0.304. The van der Waals surface area contributed by atoms with Crippen LogP contribution in [0.2, 0.25) is 0 Å². The van der Waals surface area contributed by atoms with Gasteiger partial charge in [-0.3, -0.25) is 9.97 Å². The summed E-state index contributed by atoms with van der Waals surface area (Å²) in [6, 6.07) is 0. The molecule has 0 spiro atoms. The van der Waals surface area contributed by atoms with Crippen LogP contribution in [0.3, 0.4) is 0 Å². The third-order valence-electron chi connectivity index (χ3n) is 3.93. The molecule has 2 aromatic rings. The van der Waals surface area contributed by atoms with E-state index in [4.69, 9.17) is 0 Å². The van der Waals surface area contributed by atoms with Gasteiger partial charge in [0.1, 0.15) is 24.8 Å². The lowest BCUT2D eigenvalue weighted by atomic mass is 9.65. The Morgan fingerprint density at radius 3 is 1.19 bits per heavy atom. The molecule has 0 amide bonds. The molecule has 2 aromatic heterocycles. The predicted octanol–water partition coefficient (Wildman–Crippen LogP) is -3.78. The Balaban J connectivity index is 0.00000200. The van der Waals surface area contributed by atoms with Crippen LogP contribution in [-0.4, -0.2) is 9.97 Å². The van der Waals surface area contributed by atoms with Crippen LogP contribution in [0.15, 0.2) is 37.4 Å². The van der Waals surface area contributed by atoms with E-state index in [0.717, 1.165) is 0 Å². The molecule has 0 atom stereocenters. The molecule has 2 N–H and O–H groups in total. The monoisotopic (exact) mass is 516 g/mol. The fraction of sp³-hybridized carbons (Fsp3) is 0.600. The number of hydrogen-bond donors (Lipinski definition) is 2. The Bertz CT molecular complexity index is 469. The summed E-state index contributed by atoms with van der Waals surface area (Å²) in [7, 11) is 0. The number of nitrogens with zero attached hydrogens (tertiary/aromatic N) is 2. The van der Waals surface area contributed by atoms with Crippen molar-refractivity contribution in [3.63, 3.8) is 0 Å². The number of imidazole rings is 2. The summed E-state index contributed by atoms with van der Waals surface area (Å²) in [6.07, 6.45) is 12.2. The largest absolute Gasteiger partial charge is 1.00 e. The highest BCUT2D eigenvalue weighted by Crippen LogP contribution is 2.43. The summed E-state index contributed by atoms with van der Waals surface area (Å²) in [5.41, 5.74) is -0.143. The van der Waals surface area contributed by atoms with E-state index < -0.39 is 0 Å². The van der Waals surface area contributed by atoms with Gasteiger partial charge < -0.3 is 48.0 Å². The molecule has 0 bridgehead atoms. The minimum absolute atomic E-state index is 0. The maximum atomic E-state index is 3.18. The molecule has 0 fully saturated rings. The maximum Gasteiger partial charge on any atom is 0.261 e. The highest BCUT2D eigenvalue weighted by atomic mass is 127. The fourth-order valence-corrected chi connectivity index (χ4v) is 3.79. The van der Waals surface area contributed by atoms with Crippen molar-refractivity contribution in [3.8, 4) is 0 Å². The Morgan fingerprint density at radius 1 is 0.667 bits per heavy atom. The van der Waals surface area contributed by atoms with E-state index in [1.54, 1.807) is 0 Å². The minimum Gasteiger partial charge on any atom is -1.00 e. The van der Waals surface area contributed by atoms with Crippen molar-refractivity contribution in [2.45, 2.75) is 47.2 Å². The molecule has 21 heavy (non-hydrogen) atoms. The Morgan fingerprint density at radius 2 is 1.00 bits per heavy atom. The molecule has 0 aromatic carbocycles. The summed E-state index contributed by atoms with van der Waals surface area (Å²) in [4.78, 5) is 6.36. The second kappa shape index (κ2) is 6.97. The van der Waals surface area contributed by atoms with Crippen molar-refractivity contribution in [2.24, 2.45) is 10.8 Å². The molecule has 6 heteroatoms. The third-order valence-corrected chi connectivity index (χ3v) is 3.93. The molecule has 2 rings (SSSR count). The van der Waals surface area contributed by atoms with Crippen LogP contribution in [0.1, 0.15) is 41.5 Å². The van der Waals surface area contributed by atoms with Gasteiger partial charge in [0.05, 0.1) is 0 Å². The molecule has 0 aliphatic heterocycles. The van der Waals surface area contributed by atoms with Gasteiger partial charge in [-0.1, -0.05) is 41.5 Å². The number of aromatic nitrogens is 4. The first kappa shape index (κ1) is 20.9. The maximum absolute atomic E-state index is 3.18. The molecule has 0 saturated carbocycles. The average molecular weight is 516 g/mol. The lowest BCUT2D eigenvalue weighted by Gasteiger charge is -2.47. The molecule has 0 radical (unpaired) electrons. The minimum atomic E-state index is -0.208. The van der Waals surface area contributed by atoms with Crippen molar-refractivity contribution in [1.82, 2.24) is 9.97 Å². The second-order valence-corrected chi connectivity index (χ2v) is 7.21. The first-order valence-electron chi connectivity index (χ1n) is 6.80. The van der Waals surface area contributed by atoms with Gasteiger partial charge in [0.25, 0.3) is 5.66 Å². The molecule has 0 unspecified atom stereocenters. The lowest BCUT2D eigenvalue weighted by Crippen LogP contribution is -3.00. The molecule has 0 saturated heterocycles. The van der Waals surface area contributed by atoms with E-state index in [1.165, 1.54) is 0 Å². The summed E-state index contributed by atoms with van der Waals surface area (Å²) >= 11 is 0. The Kier molecular flexibility index (Phi) is 6.93. The number of nitrogens with one attached hydrogen (secondary N) is 2. The standard InChI is InChI=1S/C15H24N4.2HI/c1-13(2,3)15(14(4,5)6,18-9-7-16-11-18)19-10-8-17-12-19;;/h7-12H,1-6H3;2*1H. The van der Waals surface area contributed by atoms with Gasteiger partial charge in [0, 0.05) is 10.8 Å². The zero-order chi connectivity index (χ0) is 14.3. The molecule has 120 valence electrons. The van der Waals surface area contributed by atoms with Crippen LogP contribution in [0, 0.1) is 10.8 Å². The van der Waals surface area contributed by atoms with E-state index in [-0.39, 0.29) is 64.4 Å². The topological polar surface area (TPSA) is 39.3 Å². The van der Waals surface area contributed by atoms with Crippen molar-refractivity contribution in [3.05, 3.63) is 37.4 Å². The summed E-state index contributed by atoms with van der Waals surface area (Å²) in [5.74, 6) is 0. The zero-order valence-electron chi connectivity index (χ0n) is 13.6. The Hall–Kier alpha value is -0.120. The second-order valence-electron chi connectivity index (χ2n) is 7.21. The predicted molar refractivity (Wildman–Crippen MR) is 74.3 cm³/mol. The van der Waals surface area contributed by atoms with E-state index >= 15 is 0 Å². The summed E-state index contributed by atoms with van der Waals surface area (Å²) in [5, 5.41) is 0. The van der Waals surface area contributed by atoms with Crippen LogP contribution >= 0.6 is 0 Å². The van der Waals surface area contributed by atoms with Gasteiger partial charge in [0.15, 0.2) is 0 Å². The number of rotatable bonds is 2. The van der Waals surface area contributed by atoms with Gasteiger partial charge in [0.2, 0.25) is 12.7 Å². The number of aromatic amines is 2. The van der Waals surface area contributed by atoms with Gasteiger partial charge >= 0.3 is 0 Å². The average Bonchev–Trinajstić information content (AvgIpc) is 2.85. The zero-order valence-corrected chi connectivity index (χ0v) is 17.9. The number of hydrogen-bond acceptors (Lipinski definition) is 0. The molecular weight excluding hydrogens is 490 g/mol. The van der Waals surface area contributed by atoms with Crippen LogP contribution < -0.4 is 57.1 Å². The van der Waals surface area contributed by atoms with Gasteiger partial charge in [-0.15, -0.1) is 0 Å². The summed E-state index contributed by atoms with van der Waals surface area (Å²) < 4.78 is 4.56. The van der Waals surface area contributed by atoms with E-state index in [2.05, 4.69) is 73.0 Å². The number of H-pyrrole nitrogens is 2. The third kappa shape index (κ3) is 3.30. The molecule has 4 nitrogen and oxygen atoms in total. The first-order chi connectivity index (χ1) is 8.71. The first-order valence-corrected chi connectivity index (χ1v) is 6.80. The SMILES string of the molecule is CC(C)(C)C([n+]1cc[nH]c1)([n+]1cc[nH]c1)C(C)(C)C.[I-].[I-]. The van der Waals surface area contributed by atoms with E-state index in [1.807, 2.05) is 25.0 Å². The molecule has 2 heterocycles. The smallest absolute Gasteiger partial charge is 0.261 e. The lowest BCUT2D eigenvalue weighted by molar-refractivity contribution is -1.02. The van der Waals surface area contributed by atoms with Crippen molar-refractivity contribution < 1.29 is 57.1 Å². The van der Waals surface area contributed by atoms with Gasteiger partial charge in [-0.25, -0.2) is 0 Å². The van der Waals surface area contributed by atoms with Crippen LogP contribution in [0.4, 0.5) is 0 Å². The van der Waals surface area contributed by atoms with Crippen molar-refractivity contribution in [1.29, 1.82) is 0 Å². The van der Waals surface area contributed by atoms with Crippen LogP contribution in [-0.2, 0) is 5.66 Å². The fourth-order valence-electron chi connectivity index (χ4n) is 3.79. The van der Waals surface area contributed by atoms with Crippen LogP contribution in [0.25, 0.3) is 0 Å². The van der Waals surface area contributed by atoms with Crippen LogP contribution in [0.5, 0.6) is 0 Å². The van der Waals surface area contributed by atoms with Gasteiger partial charge in [-0.05, 0) is 0 Å². The number of halogens is 2.